The Labute approximate surface area is 203 Å². The molecule has 0 saturated heterocycles. The van der Waals surface area contributed by atoms with Crippen LogP contribution in [-0.4, -0.2) is 0 Å². The van der Waals surface area contributed by atoms with E-state index >= 15 is 0 Å². The summed E-state index contributed by atoms with van der Waals surface area (Å²) in [5.74, 6) is 0. The average Bonchev–Trinajstić information content (AvgIpc) is 0. The van der Waals surface area contributed by atoms with Gasteiger partial charge in [0.1, 0.15) is 0 Å². The Morgan fingerprint density at radius 3 is 0.500 bits per heavy atom. The zero-order chi connectivity index (χ0) is 0. The van der Waals surface area contributed by atoms with Gasteiger partial charge in [-0.3, -0.25) is 0 Å². The topological polar surface area (TPSA) is 28.5 Å². The number of hydrogen-bond donors (Lipinski definition) is 0. The quantitative estimate of drug-likeness (QED) is 0.377. The molecule has 0 N–H and O–H groups in total. The van der Waals surface area contributed by atoms with Crippen LogP contribution in [0.5, 0.6) is 0 Å². The largest absolute Gasteiger partial charge is 2.00 e. The summed E-state index contributed by atoms with van der Waals surface area (Å²) in [6, 6.07) is 0. The van der Waals surface area contributed by atoms with Crippen molar-refractivity contribution in [3.05, 3.63) is 0 Å². The van der Waals surface area contributed by atoms with E-state index in [9.17, 15) is 0 Å². The third-order valence-corrected chi connectivity index (χ3v) is 0. The third-order valence-electron chi connectivity index (χ3n) is 0. The molecule has 0 unspecified atom stereocenters. The second-order valence-corrected chi connectivity index (χ2v) is 0. The molecular weight excluding hydrogens is 415 g/mol. The molecule has 8 valence electrons. The smallest absolute Gasteiger partial charge is 1.00 e. The summed E-state index contributed by atoms with van der Waals surface area (Å²) >= 11 is 0. The van der Waals surface area contributed by atoms with E-state index in [1.165, 1.54) is 0 Å². The first-order chi connectivity index (χ1) is 0. The molecule has 0 aliphatic rings. The van der Waals surface area contributed by atoms with Gasteiger partial charge in [-0.1, -0.05) is 0 Å². The van der Waals surface area contributed by atoms with Gasteiger partial charge in [-0.15, -0.1) is 0 Å². The van der Waals surface area contributed by atoms with Crippen molar-refractivity contribution in [1.82, 2.24) is 0 Å². The van der Waals surface area contributed by atoms with E-state index < -0.39 is 0 Å². The Hall–Kier alpha value is 6.12. The van der Waals surface area contributed by atoms with Crippen molar-refractivity contribution in [2.24, 2.45) is 0 Å². The minimum atomic E-state index is 0. The van der Waals surface area contributed by atoms with Crippen molar-refractivity contribution < 1.29 is 212 Å². The van der Waals surface area contributed by atoms with E-state index in [2.05, 4.69) is 0 Å². The van der Waals surface area contributed by atoms with Gasteiger partial charge in [-0.25, -0.2) is 0 Å². The molecule has 0 aromatic rings. The zero-order valence-electron chi connectivity index (χ0n) is 3.41. The van der Waals surface area contributed by atoms with E-state index in [0.29, 0.717) is 0 Å². The van der Waals surface area contributed by atoms with Gasteiger partial charge in [0.05, 0.1) is 0 Å². The van der Waals surface area contributed by atoms with Crippen molar-refractivity contribution in [2.75, 3.05) is 0 Å². The molecule has 0 aromatic carbocycles. The van der Waals surface area contributed by atoms with Crippen LogP contribution in [0, 0.1) is 0 Å². The SMILES string of the molecule is [Cs+].[Cs+].[Cs+].[O-2]. The van der Waals surface area contributed by atoms with Crippen LogP contribution >= 0.6 is 0 Å². The van der Waals surface area contributed by atoms with E-state index in [1.807, 2.05) is 0 Å². The summed E-state index contributed by atoms with van der Waals surface area (Å²) in [5, 5.41) is 0. The Kier molecular flexibility index (Phi) is 90.2. The fraction of sp³-hybridized carbons (Fsp3) is 0. The van der Waals surface area contributed by atoms with Crippen molar-refractivity contribution in [1.29, 1.82) is 0 Å². The molecule has 0 atom stereocenters. The maximum atomic E-state index is 0. The van der Waals surface area contributed by atoms with Crippen molar-refractivity contribution in [3.8, 4) is 0 Å². The summed E-state index contributed by atoms with van der Waals surface area (Å²) < 4.78 is 0. The third kappa shape index (κ3) is 11.0. The minimum Gasteiger partial charge on any atom is -2.00 e. The van der Waals surface area contributed by atoms with Gasteiger partial charge < -0.3 is 5.48 Å². The van der Waals surface area contributed by atoms with Crippen LogP contribution in [0.4, 0.5) is 0 Å². The summed E-state index contributed by atoms with van der Waals surface area (Å²) in [6.07, 6.45) is 0. The maximum absolute atomic E-state index is 0. The molecule has 0 radical (unpaired) electrons. The maximum Gasteiger partial charge on any atom is 1.00 e. The summed E-state index contributed by atoms with van der Waals surface area (Å²) in [6.45, 7) is 0. The van der Waals surface area contributed by atoms with E-state index in [-0.39, 0.29) is 212 Å². The van der Waals surface area contributed by atoms with E-state index in [0.717, 1.165) is 0 Å². The molecule has 1 nitrogen and oxygen atoms in total. The Morgan fingerprint density at radius 2 is 0.500 bits per heavy atom. The zero-order valence-corrected chi connectivity index (χ0v) is 22.2. The first-order valence-electron chi connectivity index (χ1n) is 0. The molecule has 0 spiro atoms. The van der Waals surface area contributed by atoms with Gasteiger partial charge in [-0.2, -0.15) is 0 Å². The molecule has 0 saturated carbocycles. The van der Waals surface area contributed by atoms with Gasteiger partial charge >= 0.3 is 207 Å². The van der Waals surface area contributed by atoms with Crippen LogP contribution in [0.3, 0.4) is 0 Å². The first-order valence-corrected chi connectivity index (χ1v) is 0. The molecule has 0 aliphatic heterocycles. The van der Waals surface area contributed by atoms with Crippen LogP contribution in [0.15, 0.2) is 0 Å². The van der Waals surface area contributed by atoms with Gasteiger partial charge in [0.25, 0.3) is 0 Å². The summed E-state index contributed by atoms with van der Waals surface area (Å²) in [4.78, 5) is 0. The fourth-order valence-corrected chi connectivity index (χ4v) is 0. The van der Waals surface area contributed by atoms with Crippen molar-refractivity contribution in [2.45, 2.75) is 0 Å². The van der Waals surface area contributed by atoms with Crippen LogP contribution in [0.2, 0.25) is 0 Å². The van der Waals surface area contributed by atoms with Crippen molar-refractivity contribution in [3.63, 3.8) is 0 Å². The van der Waals surface area contributed by atoms with Gasteiger partial charge in [0.2, 0.25) is 0 Å². The predicted molar refractivity (Wildman–Crippen MR) is 0.686 cm³/mol. The molecule has 0 amide bonds. The van der Waals surface area contributed by atoms with Crippen LogP contribution in [0.1, 0.15) is 0 Å². The predicted octanol–water partition coefficient (Wildman–Crippen LogP) is -9.11. The Morgan fingerprint density at radius 1 is 0.500 bits per heavy atom. The van der Waals surface area contributed by atoms with Crippen LogP contribution in [0.25, 0.3) is 0 Å². The van der Waals surface area contributed by atoms with E-state index in [1.54, 1.807) is 0 Å². The second kappa shape index (κ2) is 16.1. The first kappa shape index (κ1) is 22.5. The summed E-state index contributed by atoms with van der Waals surface area (Å²) in [5.41, 5.74) is 0. The van der Waals surface area contributed by atoms with E-state index in [4.69, 9.17) is 0 Å². The Balaban J connectivity index is 0. The minimum absolute atomic E-state index is 0. The van der Waals surface area contributed by atoms with Crippen molar-refractivity contribution >= 4 is 0 Å². The molecule has 4 heteroatoms. The van der Waals surface area contributed by atoms with Gasteiger partial charge in [0, 0.05) is 0 Å². The monoisotopic (exact) mass is 415 g/mol. The fourth-order valence-electron chi connectivity index (χ4n) is 0. The molecule has 0 rings (SSSR count). The van der Waals surface area contributed by atoms with Gasteiger partial charge in [0.15, 0.2) is 0 Å². The standard InChI is InChI=1S/3Cs.O/q3*+1;-2. The number of rotatable bonds is 0. The molecule has 0 bridgehead atoms. The summed E-state index contributed by atoms with van der Waals surface area (Å²) in [7, 11) is 0. The molecule has 0 aromatic heterocycles. The average molecular weight is 415 g/mol. The molecule has 4 heavy (non-hydrogen) atoms. The van der Waals surface area contributed by atoms with Crippen LogP contribution < -0.4 is 207 Å². The molecule has 0 fully saturated rings. The normalized spacial score (nSPS) is 0. The number of hydrogen-bond acceptors (Lipinski definition) is 0. The van der Waals surface area contributed by atoms with Gasteiger partial charge in [-0.05, 0) is 0 Å². The molecule has 0 heterocycles. The molecule has 0 aliphatic carbocycles. The Bertz CT molecular complexity index is 3.25. The molecular formula is Cs3O+. The second-order valence-electron chi connectivity index (χ2n) is 0. The van der Waals surface area contributed by atoms with Crippen LogP contribution in [-0.2, 0) is 5.48 Å².